The lowest BCUT2D eigenvalue weighted by molar-refractivity contribution is -0.174. The van der Waals surface area contributed by atoms with Gasteiger partial charge < -0.3 is 14.2 Å². The zero-order valence-corrected chi connectivity index (χ0v) is 19.4. The van der Waals surface area contributed by atoms with Gasteiger partial charge in [0.25, 0.3) is 0 Å². The standard InChI is InChI=1S/C21H26F4O9S/c22-20(23,21(24,25)35(29,30)31)6-3-7-32-17(26)11-4-1-2-5-12(11)18(27)33-15-10-8-13-14(9-10)19(28)34-16(13)15/h10-16H,1-9H2,(H,29,30,31). The summed E-state index contributed by atoms with van der Waals surface area (Å²) < 4.78 is 99.1. The minimum Gasteiger partial charge on any atom is -0.465 e. The largest absolute Gasteiger partial charge is 0.465 e. The molecule has 1 heterocycles. The van der Waals surface area contributed by atoms with Crippen LogP contribution in [0.1, 0.15) is 51.4 Å². The quantitative estimate of drug-likeness (QED) is 0.157. The van der Waals surface area contributed by atoms with Crippen LogP contribution < -0.4 is 0 Å². The Labute approximate surface area is 198 Å². The van der Waals surface area contributed by atoms with Crippen LogP contribution in [0.4, 0.5) is 17.6 Å². The minimum atomic E-state index is -6.34. The van der Waals surface area contributed by atoms with Crippen molar-refractivity contribution in [2.45, 2.75) is 74.8 Å². The van der Waals surface area contributed by atoms with Crippen molar-refractivity contribution in [1.29, 1.82) is 0 Å². The first-order valence-corrected chi connectivity index (χ1v) is 13.0. The van der Waals surface area contributed by atoms with E-state index < -0.39 is 76.7 Å². The van der Waals surface area contributed by atoms with E-state index in [4.69, 9.17) is 18.8 Å². The molecule has 4 aliphatic rings. The smallest absolute Gasteiger partial charge is 0.431 e. The van der Waals surface area contributed by atoms with E-state index in [1.54, 1.807) is 0 Å². The molecule has 35 heavy (non-hydrogen) atoms. The first-order chi connectivity index (χ1) is 16.2. The third-order valence-electron chi connectivity index (χ3n) is 7.67. The van der Waals surface area contributed by atoms with Gasteiger partial charge in [0.2, 0.25) is 0 Å². The van der Waals surface area contributed by atoms with Crippen LogP contribution in [-0.2, 0) is 38.7 Å². The lowest BCUT2D eigenvalue weighted by Gasteiger charge is -2.31. The van der Waals surface area contributed by atoms with Crippen LogP contribution in [0.15, 0.2) is 0 Å². The predicted octanol–water partition coefficient (Wildman–Crippen LogP) is 2.73. The van der Waals surface area contributed by atoms with Crippen molar-refractivity contribution >= 4 is 28.0 Å². The molecule has 2 bridgehead atoms. The maximum Gasteiger partial charge on any atom is 0.431 e. The first kappa shape index (κ1) is 26.1. The molecule has 1 N–H and O–H groups in total. The molecular weight excluding hydrogens is 504 g/mol. The Hall–Kier alpha value is -1.96. The number of hydrogen-bond donors (Lipinski definition) is 1. The zero-order chi connectivity index (χ0) is 25.8. The van der Waals surface area contributed by atoms with Gasteiger partial charge in [0, 0.05) is 18.3 Å². The Morgan fingerprint density at radius 1 is 1.06 bits per heavy atom. The van der Waals surface area contributed by atoms with Crippen LogP contribution >= 0.6 is 0 Å². The number of carbonyl (C=O) groups excluding carboxylic acids is 3. The van der Waals surface area contributed by atoms with E-state index in [9.17, 15) is 40.4 Å². The molecule has 0 aromatic rings. The molecule has 14 heteroatoms. The number of esters is 3. The average Bonchev–Trinajstić information content (AvgIpc) is 3.41. The van der Waals surface area contributed by atoms with Gasteiger partial charge in [-0.1, -0.05) is 12.8 Å². The predicted molar refractivity (Wildman–Crippen MR) is 107 cm³/mol. The van der Waals surface area contributed by atoms with Gasteiger partial charge in [-0.15, -0.1) is 0 Å². The van der Waals surface area contributed by atoms with Gasteiger partial charge in [-0.25, -0.2) is 0 Å². The summed E-state index contributed by atoms with van der Waals surface area (Å²) in [6.45, 7) is -0.708. The number of rotatable bonds is 9. The highest BCUT2D eigenvalue weighted by Crippen LogP contribution is 2.55. The summed E-state index contributed by atoms with van der Waals surface area (Å²) in [6.07, 6.45) is -0.300. The molecule has 0 aromatic heterocycles. The fourth-order valence-electron chi connectivity index (χ4n) is 5.89. The van der Waals surface area contributed by atoms with E-state index in [2.05, 4.69) is 0 Å². The minimum absolute atomic E-state index is 0.0157. The summed E-state index contributed by atoms with van der Waals surface area (Å²) in [5.74, 6) is -8.69. The van der Waals surface area contributed by atoms with Crippen LogP contribution in [0.2, 0.25) is 0 Å². The second-order valence-electron chi connectivity index (χ2n) is 9.77. The number of ether oxygens (including phenoxy) is 3. The summed E-state index contributed by atoms with van der Waals surface area (Å²) in [7, 11) is -6.34. The van der Waals surface area contributed by atoms with E-state index in [0.717, 1.165) is 6.42 Å². The summed E-state index contributed by atoms with van der Waals surface area (Å²) in [5.41, 5.74) is 0. The lowest BCUT2D eigenvalue weighted by atomic mass is 9.79. The molecule has 0 radical (unpaired) electrons. The number of halogens is 4. The molecule has 7 unspecified atom stereocenters. The van der Waals surface area contributed by atoms with Gasteiger partial charge in [0.1, 0.15) is 12.2 Å². The fraction of sp³-hybridized carbons (Fsp3) is 0.857. The van der Waals surface area contributed by atoms with Crippen molar-refractivity contribution < 1.29 is 59.1 Å². The Kier molecular flexibility index (Phi) is 6.84. The van der Waals surface area contributed by atoms with Crippen molar-refractivity contribution in [2.24, 2.45) is 29.6 Å². The highest BCUT2D eigenvalue weighted by molar-refractivity contribution is 7.87. The van der Waals surface area contributed by atoms with Crippen molar-refractivity contribution in [2.75, 3.05) is 6.61 Å². The molecular formula is C21H26F4O9S. The van der Waals surface area contributed by atoms with Crippen molar-refractivity contribution in [3.05, 3.63) is 0 Å². The third kappa shape index (κ3) is 4.63. The fourth-order valence-corrected chi connectivity index (χ4v) is 6.37. The first-order valence-electron chi connectivity index (χ1n) is 11.5. The van der Waals surface area contributed by atoms with E-state index in [1.165, 1.54) is 0 Å². The van der Waals surface area contributed by atoms with Crippen LogP contribution in [0.25, 0.3) is 0 Å². The molecule has 1 aliphatic heterocycles. The number of alkyl halides is 4. The number of carbonyl (C=O) groups is 3. The average molecular weight is 530 g/mol. The van der Waals surface area contributed by atoms with E-state index >= 15 is 0 Å². The van der Waals surface area contributed by atoms with Crippen LogP contribution in [0.5, 0.6) is 0 Å². The highest BCUT2D eigenvalue weighted by atomic mass is 32.2. The van der Waals surface area contributed by atoms with Gasteiger partial charge in [0.05, 0.1) is 24.4 Å². The molecule has 1 saturated heterocycles. The molecule has 0 amide bonds. The molecule has 4 fully saturated rings. The van der Waals surface area contributed by atoms with Crippen LogP contribution in [-0.4, -0.2) is 60.9 Å². The Morgan fingerprint density at radius 2 is 1.69 bits per heavy atom. The SMILES string of the molecule is O=C(OCCCC(F)(F)C(F)(F)S(=O)(=O)O)C1CCCCC1C(=O)OC1C2CC3C(=O)OC1C3C2. The van der Waals surface area contributed by atoms with E-state index in [1.807, 2.05) is 0 Å². The summed E-state index contributed by atoms with van der Waals surface area (Å²) in [6, 6.07) is 0. The molecule has 9 nitrogen and oxygen atoms in total. The van der Waals surface area contributed by atoms with Crippen molar-refractivity contribution in [3.8, 4) is 0 Å². The van der Waals surface area contributed by atoms with Crippen LogP contribution in [0.3, 0.4) is 0 Å². The summed E-state index contributed by atoms with van der Waals surface area (Å²) >= 11 is 0. The van der Waals surface area contributed by atoms with E-state index in [-0.39, 0.29) is 30.1 Å². The molecule has 4 rings (SSSR count). The van der Waals surface area contributed by atoms with Crippen molar-refractivity contribution in [3.63, 3.8) is 0 Å². The number of fused-ring (bicyclic) bond motifs is 1. The molecule has 0 aromatic carbocycles. The van der Waals surface area contributed by atoms with Gasteiger partial charge in [-0.3, -0.25) is 18.9 Å². The highest BCUT2D eigenvalue weighted by Gasteiger charge is 2.65. The second-order valence-corrected chi connectivity index (χ2v) is 11.2. The summed E-state index contributed by atoms with van der Waals surface area (Å²) in [4.78, 5) is 37.4. The topological polar surface area (TPSA) is 133 Å². The van der Waals surface area contributed by atoms with Gasteiger partial charge >= 0.3 is 39.2 Å². The second kappa shape index (κ2) is 9.16. The molecule has 198 valence electrons. The summed E-state index contributed by atoms with van der Waals surface area (Å²) in [5, 5.41) is -5.68. The lowest BCUT2D eigenvalue weighted by Crippen LogP contribution is -2.46. The maximum atomic E-state index is 13.6. The van der Waals surface area contributed by atoms with Gasteiger partial charge in [-0.2, -0.15) is 26.0 Å². The zero-order valence-electron chi connectivity index (χ0n) is 18.5. The van der Waals surface area contributed by atoms with Gasteiger partial charge in [0.15, 0.2) is 0 Å². The van der Waals surface area contributed by atoms with E-state index in [0.29, 0.717) is 25.7 Å². The molecule has 0 spiro atoms. The maximum absolute atomic E-state index is 13.6. The normalized spacial score (nSPS) is 34.5. The molecule has 3 aliphatic carbocycles. The monoisotopic (exact) mass is 530 g/mol. The Morgan fingerprint density at radius 3 is 2.31 bits per heavy atom. The van der Waals surface area contributed by atoms with Crippen molar-refractivity contribution in [1.82, 2.24) is 0 Å². The Balaban J connectivity index is 1.29. The van der Waals surface area contributed by atoms with Crippen LogP contribution in [0, 0.1) is 29.6 Å². The third-order valence-corrected chi connectivity index (χ3v) is 8.61. The van der Waals surface area contributed by atoms with Gasteiger partial charge in [-0.05, 0) is 32.1 Å². The molecule has 7 atom stereocenters. The number of hydrogen-bond acceptors (Lipinski definition) is 8. The molecule has 3 saturated carbocycles. The Bertz CT molecular complexity index is 985.